The van der Waals surface area contributed by atoms with Crippen molar-refractivity contribution in [2.75, 3.05) is 13.7 Å². The van der Waals surface area contributed by atoms with Crippen LogP contribution in [-0.4, -0.2) is 30.2 Å². The number of nitrogens with zero attached hydrogens (tertiary/aromatic N) is 1. The van der Waals surface area contributed by atoms with Crippen LogP contribution in [0.4, 0.5) is 0 Å². The smallest absolute Gasteiger partial charge is 0.338 e. The van der Waals surface area contributed by atoms with E-state index in [1.54, 1.807) is 22.8 Å². The van der Waals surface area contributed by atoms with Crippen molar-refractivity contribution in [3.8, 4) is 11.1 Å². The highest BCUT2D eigenvalue weighted by molar-refractivity contribution is 5.97. The third-order valence-electron chi connectivity index (χ3n) is 8.70. The van der Waals surface area contributed by atoms with Crippen molar-refractivity contribution in [1.29, 1.82) is 0 Å². The first-order chi connectivity index (χ1) is 17.4. The number of aromatic nitrogens is 1. The van der Waals surface area contributed by atoms with Gasteiger partial charge in [0.15, 0.2) is 0 Å². The fraction of sp³-hybridized carbons (Fsp3) is 0.567. The number of methoxy groups -OCH3 is 1. The van der Waals surface area contributed by atoms with Crippen LogP contribution in [0.1, 0.15) is 73.8 Å². The third-order valence-corrected chi connectivity index (χ3v) is 8.70. The first-order valence-corrected chi connectivity index (χ1v) is 13.4. The van der Waals surface area contributed by atoms with Crippen LogP contribution in [0.5, 0.6) is 0 Å². The van der Waals surface area contributed by atoms with Crippen molar-refractivity contribution in [3.63, 3.8) is 0 Å². The molecule has 1 heterocycles. The van der Waals surface area contributed by atoms with E-state index in [2.05, 4.69) is 0 Å². The highest BCUT2D eigenvalue weighted by Gasteiger charge is 2.51. The van der Waals surface area contributed by atoms with Crippen LogP contribution in [0.25, 0.3) is 11.1 Å². The first kappa shape index (κ1) is 24.8. The zero-order valence-electron chi connectivity index (χ0n) is 21.5. The Morgan fingerprint density at radius 2 is 1.67 bits per heavy atom. The summed E-state index contributed by atoms with van der Waals surface area (Å²) in [5, 5.41) is 0. The van der Waals surface area contributed by atoms with Crippen LogP contribution in [0.15, 0.2) is 41.2 Å². The molecular formula is C30H37NO5. The average Bonchev–Trinajstić information content (AvgIpc) is 2.83. The third kappa shape index (κ3) is 5.14. The van der Waals surface area contributed by atoms with Crippen LogP contribution in [-0.2, 0) is 20.8 Å². The van der Waals surface area contributed by atoms with Crippen molar-refractivity contribution in [2.45, 2.75) is 71.3 Å². The number of ether oxygens (including phenoxy) is 2. The van der Waals surface area contributed by atoms with Gasteiger partial charge in [-0.1, -0.05) is 18.2 Å². The SMILES string of the molecule is COC(=O)c1ccccc1-c1cc(C)n(CCCCOC(=O)CC23CC4CC(CC(C4)C2)C3)c(=O)c1. The largest absolute Gasteiger partial charge is 0.466 e. The number of esters is 2. The van der Waals surface area contributed by atoms with E-state index in [9.17, 15) is 14.4 Å². The number of carbonyl (C=O) groups excluding carboxylic acids is 2. The summed E-state index contributed by atoms with van der Waals surface area (Å²) >= 11 is 0. The van der Waals surface area contributed by atoms with Gasteiger partial charge in [0.05, 0.1) is 25.7 Å². The molecule has 0 radical (unpaired) electrons. The number of benzene rings is 1. The summed E-state index contributed by atoms with van der Waals surface area (Å²) in [5.74, 6) is 2.05. The number of aryl methyl sites for hydroxylation is 1. The summed E-state index contributed by atoms with van der Waals surface area (Å²) in [6, 6.07) is 10.6. The minimum absolute atomic E-state index is 0.0427. The monoisotopic (exact) mass is 491 g/mol. The molecule has 0 aliphatic heterocycles. The van der Waals surface area contributed by atoms with Gasteiger partial charge in [-0.25, -0.2) is 4.79 Å². The molecule has 4 fully saturated rings. The molecule has 0 N–H and O–H groups in total. The fourth-order valence-corrected chi connectivity index (χ4v) is 7.62. The highest BCUT2D eigenvalue weighted by Crippen LogP contribution is 2.61. The van der Waals surface area contributed by atoms with E-state index in [1.165, 1.54) is 45.6 Å². The molecular weight excluding hydrogens is 454 g/mol. The van der Waals surface area contributed by atoms with Crippen LogP contribution >= 0.6 is 0 Å². The molecule has 0 unspecified atom stereocenters. The molecule has 1 aromatic carbocycles. The Morgan fingerprint density at radius 1 is 1.00 bits per heavy atom. The topological polar surface area (TPSA) is 74.6 Å². The maximum Gasteiger partial charge on any atom is 0.338 e. The summed E-state index contributed by atoms with van der Waals surface area (Å²) in [6.45, 7) is 2.87. The minimum Gasteiger partial charge on any atom is -0.466 e. The van der Waals surface area contributed by atoms with Crippen LogP contribution < -0.4 is 5.56 Å². The summed E-state index contributed by atoms with van der Waals surface area (Å²) in [7, 11) is 1.35. The van der Waals surface area contributed by atoms with Crippen molar-refractivity contribution < 1.29 is 19.1 Å². The molecule has 6 nitrogen and oxygen atoms in total. The van der Waals surface area contributed by atoms with Gasteiger partial charge in [0, 0.05) is 18.3 Å². The second kappa shape index (κ2) is 10.2. The lowest BCUT2D eigenvalue weighted by atomic mass is 9.49. The van der Waals surface area contributed by atoms with Gasteiger partial charge >= 0.3 is 11.9 Å². The number of pyridine rings is 1. The van der Waals surface area contributed by atoms with Gasteiger partial charge in [-0.15, -0.1) is 0 Å². The van der Waals surface area contributed by atoms with E-state index in [0.717, 1.165) is 36.3 Å². The van der Waals surface area contributed by atoms with Gasteiger partial charge < -0.3 is 14.0 Å². The molecule has 192 valence electrons. The van der Waals surface area contributed by atoms with Gasteiger partial charge in [0.2, 0.25) is 0 Å². The molecule has 0 spiro atoms. The molecule has 36 heavy (non-hydrogen) atoms. The number of hydrogen-bond acceptors (Lipinski definition) is 5. The lowest BCUT2D eigenvalue weighted by molar-refractivity contribution is -0.152. The molecule has 4 aliphatic rings. The standard InChI is InChI=1S/C30H37NO5/c1-20-11-24(25-7-3-4-8-26(25)29(34)35-2)15-27(32)31(20)9-5-6-10-36-28(33)19-30-16-21-12-22(17-30)14-23(13-21)18-30/h3-4,7-8,11,15,21-23H,5-6,9-10,12-14,16-19H2,1-2H3. The van der Waals surface area contributed by atoms with Crippen molar-refractivity contribution in [3.05, 3.63) is 58.0 Å². The molecule has 0 saturated heterocycles. The Hall–Kier alpha value is -2.89. The van der Waals surface area contributed by atoms with Crippen molar-refractivity contribution in [2.24, 2.45) is 23.2 Å². The average molecular weight is 492 g/mol. The van der Waals surface area contributed by atoms with Crippen LogP contribution in [0, 0.1) is 30.1 Å². The molecule has 1 aromatic heterocycles. The lowest BCUT2D eigenvalue weighted by Crippen LogP contribution is -2.47. The fourth-order valence-electron chi connectivity index (χ4n) is 7.62. The molecule has 2 aromatic rings. The predicted octanol–water partition coefficient (Wildman–Crippen LogP) is 5.54. The van der Waals surface area contributed by atoms with E-state index in [4.69, 9.17) is 9.47 Å². The summed E-state index contributed by atoms with van der Waals surface area (Å²) in [5.41, 5.74) is 2.76. The second-order valence-corrected chi connectivity index (χ2v) is 11.4. The Balaban J connectivity index is 1.12. The lowest BCUT2D eigenvalue weighted by Gasteiger charge is -2.56. The van der Waals surface area contributed by atoms with E-state index in [-0.39, 0.29) is 16.9 Å². The van der Waals surface area contributed by atoms with E-state index >= 15 is 0 Å². The van der Waals surface area contributed by atoms with Gasteiger partial charge in [0.25, 0.3) is 5.56 Å². The van der Waals surface area contributed by atoms with E-state index in [0.29, 0.717) is 36.3 Å². The minimum atomic E-state index is -0.426. The normalized spacial score (nSPS) is 26.1. The number of unbranched alkanes of at least 4 members (excludes halogenated alkanes) is 1. The number of rotatable bonds is 9. The van der Waals surface area contributed by atoms with Gasteiger partial charge in [-0.3, -0.25) is 9.59 Å². The quantitative estimate of drug-likeness (QED) is 0.340. The summed E-state index contributed by atoms with van der Waals surface area (Å²) < 4.78 is 12.3. The van der Waals surface area contributed by atoms with E-state index < -0.39 is 5.97 Å². The molecule has 0 atom stereocenters. The van der Waals surface area contributed by atoms with Gasteiger partial charge in [-0.2, -0.15) is 0 Å². The molecule has 4 aliphatic carbocycles. The highest BCUT2D eigenvalue weighted by atomic mass is 16.5. The molecule has 6 rings (SSSR count). The van der Waals surface area contributed by atoms with Crippen LogP contribution in [0.2, 0.25) is 0 Å². The van der Waals surface area contributed by atoms with E-state index in [1.807, 2.05) is 25.1 Å². The Kier molecular flexibility index (Phi) is 7.05. The zero-order chi connectivity index (χ0) is 25.3. The van der Waals surface area contributed by atoms with Gasteiger partial charge in [-0.05, 0) is 105 Å². The van der Waals surface area contributed by atoms with Crippen LogP contribution in [0.3, 0.4) is 0 Å². The molecule has 4 bridgehead atoms. The van der Waals surface area contributed by atoms with Crippen molar-refractivity contribution in [1.82, 2.24) is 4.57 Å². The van der Waals surface area contributed by atoms with Crippen molar-refractivity contribution >= 4 is 11.9 Å². The zero-order valence-corrected chi connectivity index (χ0v) is 21.5. The molecule has 4 saturated carbocycles. The second-order valence-electron chi connectivity index (χ2n) is 11.4. The number of carbonyl (C=O) groups is 2. The first-order valence-electron chi connectivity index (χ1n) is 13.4. The number of hydrogen-bond donors (Lipinski definition) is 0. The maximum atomic E-state index is 12.9. The Morgan fingerprint density at radius 3 is 2.31 bits per heavy atom. The summed E-state index contributed by atoms with van der Waals surface area (Å²) in [4.78, 5) is 37.6. The molecule has 0 amide bonds. The van der Waals surface area contributed by atoms with Gasteiger partial charge in [0.1, 0.15) is 0 Å². The predicted molar refractivity (Wildman–Crippen MR) is 138 cm³/mol. The molecule has 6 heteroatoms. The Bertz CT molecular complexity index is 1160. The Labute approximate surface area is 213 Å². The maximum absolute atomic E-state index is 12.9. The summed E-state index contributed by atoms with van der Waals surface area (Å²) in [6.07, 6.45) is 9.87.